The maximum atomic E-state index is 12.6. The first-order valence-corrected chi connectivity index (χ1v) is 8.91. The number of allylic oxidation sites excluding steroid dienone is 1. The van der Waals surface area contributed by atoms with Gasteiger partial charge in [0.25, 0.3) is 0 Å². The fraction of sp³-hybridized carbons (Fsp3) is 0.211. The number of anilines is 1. The molecule has 2 aromatic rings. The molecule has 1 N–H and O–H groups in total. The van der Waals surface area contributed by atoms with E-state index in [0.29, 0.717) is 16.7 Å². The molecule has 0 spiro atoms. The zero-order chi connectivity index (χ0) is 15.8. The van der Waals surface area contributed by atoms with Crippen molar-refractivity contribution >= 4 is 34.6 Å². The second-order valence-electron chi connectivity index (χ2n) is 5.74. The molecule has 1 aliphatic heterocycles. The molecule has 1 saturated heterocycles. The molecule has 0 bridgehead atoms. The van der Waals surface area contributed by atoms with Crippen molar-refractivity contribution in [2.75, 3.05) is 29.5 Å². The van der Waals surface area contributed by atoms with Gasteiger partial charge in [-0.3, -0.25) is 4.79 Å². The van der Waals surface area contributed by atoms with Gasteiger partial charge in [0.2, 0.25) is 0 Å². The van der Waals surface area contributed by atoms with Gasteiger partial charge in [-0.2, -0.15) is 11.8 Å². The molecular weight excluding hydrogens is 306 g/mol. The van der Waals surface area contributed by atoms with Crippen LogP contribution in [0.25, 0.3) is 11.3 Å². The van der Waals surface area contributed by atoms with Gasteiger partial charge in [-0.25, -0.2) is 0 Å². The second-order valence-corrected chi connectivity index (χ2v) is 6.97. The lowest BCUT2D eigenvalue weighted by molar-refractivity contribution is 0.105. The van der Waals surface area contributed by atoms with Crippen LogP contribution in [0.5, 0.6) is 0 Å². The summed E-state index contributed by atoms with van der Waals surface area (Å²) in [5, 5.41) is 10.4. The van der Waals surface area contributed by atoms with Crippen molar-refractivity contribution in [2.45, 2.75) is 0 Å². The van der Waals surface area contributed by atoms with Crippen LogP contribution in [0.1, 0.15) is 21.5 Å². The molecule has 4 heteroatoms. The van der Waals surface area contributed by atoms with Crippen LogP contribution in [0.2, 0.25) is 0 Å². The van der Waals surface area contributed by atoms with Crippen LogP contribution < -0.4 is 4.90 Å². The number of rotatable bonds is 2. The largest absolute Gasteiger partial charge is 0.507 e. The van der Waals surface area contributed by atoms with Crippen LogP contribution in [-0.4, -0.2) is 35.5 Å². The first-order chi connectivity index (χ1) is 11.3. The van der Waals surface area contributed by atoms with Gasteiger partial charge in [0.05, 0.1) is 5.57 Å². The van der Waals surface area contributed by atoms with E-state index in [0.717, 1.165) is 30.2 Å². The number of benzene rings is 2. The summed E-state index contributed by atoms with van der Waals surface area (Å²) in [6.45, 7) is 2.12. The third kappa shape index (κ3) is 2.43. The van der Waals surface area contributed by atoms with Crippen molar-refractivity contribution in [3.63, 3.8) is 0 Å². The number of carbonyl (C=O) groups excluding carboxylic acids is 1. The maximum absolute atomic E-state index is 12.6. The molecule has 116 valence electrons. The average molecular weight is 323 g/mol. The molecule has 0 radical (unpaired) electrons. The molecule has 1 heterocycles. The van der Waals surface area contributed by atoms with Gasteiger partial charge in [0.15, 0.2) is 5.78 Å². The summed E-state index contributed by atoms with van der Waals surface area (Å²) in [6, 6.07) is 15.2. The van der Waals surface area contributed by atoms with Crippen LogP contribution in [0.15, 0.2) is 48.5 Å². The molecule has 0 aromatic heterocycles. The number of aliphatic hydroxyl groups excluding tert-OH is 1. The van der Waals surface area contributed by atoms with Crippen LogP contribution in [0, 0.1) is 0 Å². The van der Waals surface area contributed by atoms with Crippen LogP contribution in [0.4, 0.5) is 5.69 Å². The van der Waals surface area contributed by atoms with Gasteiger partial charge in [-0.15, -0.1) is 0 Å². The van der Waals surface area contributed by atoms with Gasteiger partial charge in [0, 0.05) is 41.4 Å². The molecular formula is C19H17NO2S. The topological polar surface area (TPSA) is 40.5 Å². The number of aliphatic hydroxyl groups is 1. The number of Topliss-reactive ketones (excluding diaryl/α,β-unsaturated/α-hetero) is 1. The van der Waals surface area contributed by atoms with Crippen molar-refractivity contribution in [1.82, 2.24) is 0 Å². The van der Waals surface area contributed by atoms with E-state index in [-0.39, 0.29) is 11.5 Å². The van der Waals surface area contributed by atoms with E-state index < -0.39 is 0 Å². The van der Waals surface area contributed by atoms with Gasteiger partial charge in [-0.1, -0.05) is 36.4 Å². The van der Waals surface area contributed by atoms with E-state index in [1.807, 2.05) is 48.2 Å². The standard InChI is InChI=1S/C19H17NO2S/c21-18-15-3-1-2-4-16(15)19(22)17(18)13-5-7-14(8-6-13)20-9-11-23-12-10-20/h1-8,21H,9-12H2. The quantitative estimate of drug-likeness (QED) is 0.911. The van der Waals surface area contributed by atoms with E-state index in [9.17, 15) is 9.90 Å². The Morgan fingerprint density at radius 1 is 0.913 bits per heavy atom. The predicted octanol–water partition coefficient (Wildman–Crippen LogP) is 3.86. The van der Waals surface area contributed by atoms with Gasteiger partial charge in [0.1, 0.15) is 5.76 Å². The summed E-state index contributed by atoms with van der Waals surface area (Å²) in [6.07, 6.45) is 0. The molecule has 0 unspecified atom stereocenters. The minimum Gasteiger partial charge on any atom is -0.507 e. The third-order valence-corrected chi connectivity index (χ3v) is 5.37. The fourth-order valence-electron chi connectivity index (χ4n) is 3.19. The lowest BCUT2D eigenvalue weighted by Crippen LogP contribution is -2.32. The first kappa shape index (κ1) is 14.4. The number of hydrogen-bond donors (Lipinski definition) is 1. The number of fused-ring (bicyclic) bond motifs is 1. The highest BCUT2D eigenvalue weighted by Gasteiger charge is 2.30. The SMILES string of the molecule is O=C1C(c2ccc(N3CCSCC3)cc2)=C(O)c2ccccc21. The summed E-state index contributed by atoms with van der Waals surface area (Å²) < 4.78 is 0. The zero-order valence-corrected chi connectivity index (χ0v) is 13.5. The van der Waals surface area contributed by atoms with Crippen molar-refractivity contribution in [2.24, 2.45) is 0 Å². The molecule has 0 saturated carbocycles. The van der Waals surface area contributed by atoms with E-state index in [1.165, 1.54) is 5.69 Å². The summed E-state index contributed by atoms with van der Waals surface area (Å²) in [5.74, 6) is 2.30. The van der Waals surface area contributed by atoms with Crippen LogP contribution >= 0.6 is 11.8 Å². The maximum Gasteiger partial charge on any atom is 0.198 e. The van der Waals surface area contributed by atoms with Crippen molar-refractivity contribution in [1.29, 1.82) is 0 Å². The summed E-state index contributed by atoms with van der Waals surface area (Å²) in [7, 11) is 0. The van der Waals surface area contributed by atoms with E-state index >= 15 is 0 Å². The average Bonchev–Trinajstić information content (AvgIpc) is 2.87. The molecule has 1 aliphatic carbocycles. The van der Waals surface area contributed by atoms with Gasteiger partial charge < -0.3 is 10.0 Å². The van der Waals surface area contributed by atoms with Gasteiger partial charge in [-0.05, 0) is 17.7 Å². The summed E-state index contributed by atoms with van der Waals surface area (Å²) in [5.41, 5.74) is 3.57. The Labute approximate surface area is 139 Å². The summed E-state index contributed by atoms with van der Waals surface area (Å²) >= 11 is 1.98. The highest BCUT2D eigenvalue weighted by atomic mass is 32.2. The molecule has 1 fully saturated rings. The van der Waals surface area contributed by atoms with Crippen molar-refractivity contribution in [3.05, 3.63) is 65.2 Å². The molecule has 4 rings (SSSR count). The Bertz CT molecular complexity index is 789. The molecule has 23 heavy (non-hydrogen) atoms. The first-order valence-electron chi connectivity index (χ1n) is 7.76. The molecule has 0 amide bonds. The molecule has 2 aromatic carbocycles. The monoisotopic (exact) mass is 323 g/mol. The number of hydrogen-bond acceptors (Lipinski definition) is 4. The molecule has 0 atom stereocenters. The Morgan fingerprint density at radius 2 is 1.57 bits per heavy atom. The lowest BCUT2D eigenvalue weighted by atomic mass is 10.0. The van der Waals surface area contributed by atoms with E-state index in [4.69, 9.17) is 0 Å². The number of thioether (sulfide) groups is 1. The Balaban J connectivity index is 1.67. The normalized spacial score (nSPS) is 17.6. The van der Waals surface area contributed by atoms with Crippen molar-refractivity contribution < 1.29 is 9.90 Å². The fourth-order valence-corrected chi connectivity index (χ4v) is 4.10. The number of nitrogens with zero attached hydrogens (tertiary/aromatic N) is 1. The molecule has 2 aliphatic rings. The minimum atomic E-state index is -0.0970. The van der Waals surface area contributed by atoms with Crippen LogP contribution in [-0.2, 0) is 0 Å². The van der Waals surface area contributed by atoms with E-state index in [1.54, 1.807) is 12.1 Å². The smallest absolute Gasteiger partial charge is 0.198 e. The van der Waals surface area contributed by atoms with E-state index in [2.05, 4.69) is 4.90 Å². The van der Waals surface area contributed by atoms with Gasteiger partial charge >= 0.3 is 0 Å². The van der Waals surface area contributed by atoms with Crippen molar-refractivity contribution in [3.8, 4) is 0 Å². The lowest BCUT2D eigenvalue weighted by Gasteiger charge is -2.28. The Kier molecular flexibility index (Phi) is 3.62. The summed E-state index contributed by atoms with van der Waals surface area (Å²) in [4.78, 5) is 14.9. The Hall–Kier alpha value is -2.20. The Morgan fingerprint density at radius 3 is 2.22 bits per heavy atom. The highest BCUT2D eigenvalue weighted by molar-refractivity contribution is 7.99. The van der Waals surface area contributed by atoms with Crippen LogP contribution in [0.3, 0.4) is 0 Å². The second kappa shape index (κ2) is 5.78. The third-order valence-electron chi connectivity index (χ3n) is 4.42. The predicted molar refractivity (Wildman–Crippen MR) is 96.2 cm³/mol. The minimum absolute atomic E-state index is 0.0905. The number of carbonyl (C=O) groups is 1. The molecule has 3 nitrogen and oxygen atoms in total. The number of ketones is 1. The highest BCUT2D eigenvalue weighted by Crippen LogP contribution is 2.37. The zero-order valence-electron chi connectivity index (χ0n) is 12.7.